The van der Waals surface area contributed by atoms with Crippen molar-refractivity contribution in [1.82, 2.24) is 10.2 Å². The largest absolute Gasteiger partial charge is 0.486 e. The molecule has 1 aromatic rings. The zero-order valence-electron chi connectivity index (χ0n) is 12.0. The second-order valence-corrected chi connectivity index (χ2v) is 4.95. The maximum Gasteiger partial charge on any atom is 0.234 e. The third-order valence-corrected chi connectivity index (χ3v) is 3.06. The number of nitriles is 1. The lowest BCUT2D eigenvalue weighted by molar-refractivity contribution is -0.122. The zero-order valence-corrected chi connectivity index (χ0v) is 12.0. The van der Waals surface area contributed by atoms with Gasteiger partial charge in [0.2, 0.25) is 5.91 Å². The van der Waals surface area contributed by atoms with Crippen molar-refractivity contribution in [2.24, 2.45) is 0 Å². The van der Waals surface area contributed by atoms with E-state index in [4.69, 9.17) is 14.7 Å². The summed E-state index contributed by atoms with van der Waals surface area (Å²) in [6, 6.07) is 9.53. The van der Waals surface area contributed by atoms with Gasteiger partial charge in [-0.15, -0.1) is 0 Å². The summed E-state index contributed by atoms with van der Waals surface area (Å²) in [6.07, 6.45) is 0.225. The van der Waals surface area contributed by atoms with Gasteiger partial charge in [0.15, 0.2) is 11.5 Å². The lowest BCUT2D eigenvalue weighted by atomic mass is 10.2. The molecule has 0 unspecified atom stereocenters. The number of likely N-dealkylation sites (N-methyl/N-ethyl adjacent to an activating group) is 1. The number of hydrogen-bond acceptors (Lipinski definition) is 5. The summed E-state index contributed by atoms with van der Waals surface area (Å²) in [5.41, 5.74) is 0. The molecule has 0 spiro atoms. The van der Waals surface area contributed by atoms with E-state index in [9.17, 15) is 4.79 Å². The fourth-order valence-electron chi connectivity index (χ4n) is 2.12. The number of hydrogen-bond donors (Lipinski definition) is 1. The first kappa shape index (κ1) is 15.1. The molecule has 0 aromatic heterocycles. The van der Waals surface area contributed by atoms with Crippen LogP contribution in [-0.2, 0) is 4.79 Å². The van der Waals surface area contributed by atoms with Crippen molar-refractivity contribution in [3.8, 4) is 17.6 Å². The Morgan fingerprint density at radius 1 is 1.48 bits per heavy atom. The average Bonchev–Trinajstić information content (AvgIpc) is 2.47. The molecule has 1 atom stereocenters. The van der Waals surface area contributed by atoms with Gasteiger partial charge in [-0.25, -0.2) is 0 Å². The molecular formula is C15H19N3O3. The summed E-state index contributed by atoms with van der Waals surface area (Å²) in [6.45, 7) is 1.73. The molecule has 1 aliphatic rings. The monoisotopic (exact) mass is 289 g/mol. The average molecular weight is 289 g/mol. The Bertz CT molecular complexity index is 527. The second kappa shape index (κ2) is 7.50. The molecule has 1 N–H and O–H groups in total. The van der Waals surface area contributed by atoms with E-state index < -0.39 is 0 Å². The van der Waals surface area contributed by atoms with Crippen LogP contribution in [0.1, 0.15) is 6.42 Å². The van der Waals surface area contributed by atoms with Crippen molar-refractivity contribution in [2.45, 2.75) is 12.5 Å². The summed E-state index contributed by atoms with van der Waals surface area (Å²) < 4.78 is 11.5. The Hall–Kier alpha value is -2.26. The van der Waals surface area contributed by atoms with Gasteiger partial charge in [0, 0.05) is 13.1 Å². The van der Waals surface area contributed by atoms with Crippen LogP contribution < -0.4 is 14.8 Å². The van der Waals surface area contributed by atoms with Crippen molar-refractivity contribution in [3.63, 3.8) is 0 Å². The molecular weight excluding hydrogens is 270 g/mol. The summed E-state index contributed by atoms with van der Waals surface area (Å²) >= 11 is 0. The van der Waals surface area contributed by atoms with Crippen molar-refractivity contribution in [3.05, 3.63) is 24.3 Å². The van der Waals surface area contributed by atoms with Crippen LogP contribution in [0.5, 0.6) is 11.5 Å². The second-order valence-electron chi connectivity index (χ2n) is 4.95. The maximum absolute atomic E-state index is 11.6. The van der Waals surface area contributed by atoms with Gasteiger partial charge in [0.25, 0.3) is 0 Å². The standard InChI is InChI=1S/C15H19N3O3/c1-18(10-15(19)17-8-4-7-16)9-12-11-20-13-5-2-3-6-14(13)21-12/h2-3,5-6,12H,4,8-11H2,1H3,(H,17,19)/t12-/m0/s1. The highest BCUT2D eigenvalue weighted by molar-refractivity contribution is 5.77. The Labute approximate surface area is 124 Å². The molecule has 1 aromatic carbocycles. The minimum atomic E-state index is -0.100. The predicted octanol–water partition coefficient (Wildman–Crippen LogP) is 0.788. The molecule has 1 heterocycles. The Balaban J connectivity index is 1.75. The Kier molecular flexibility index (Phi) is 5.41. The number of carbonyl (C=O) groups is 1. The fraction of sp³-hybridized carbons (Fsp3) is 0.467. The van der Waals surface area contributed by atoms with Crippen molar-refractivity contribution in [2.75, 3.05) is 33.3 Å². The number of fused-ring (bicyclic) bond motifs is 1. The lowest BCUT2D eigenvalue weighted by Gasteiger charge is -2.29. The van der Waals surface area contributed by atoms with Crippen molar-refractivity contribution in [1.29, 1.82) is 5.26 Å². The number of nitrogens with one attached hydrogen (secondary N) is 1. The molecule has 0 saturated carbocycles. The van der Waals surface area contributed by atoms with E-state index >= 15 is 0 Å². The van der Waals surface area contributed by atoms with Gasteiger partial charge in [0.05, 0.1) is 19.0 Å². The van der Waals surface area contributed by atoms with Crippen LogP contribution in [-0.4, -0.2) is 50.2 Å². The molecule has 0 saturated heterocycles. The third-order valence-electron chi connectivity index (χ3n) is 3.06. The predicted molar refractivity (Wildman–Crippen MR) is 77.1 cm³/mol. The van der Waals surface area contributed by atoms with Crippen LogP contribution in [0.15, 0.2) is 24.3 Å². The van der Waals surface area contributed by atoms with Crippen LogP contribution >= 0.6 is 0 Å². The van der Waals surface area contributed by atoms with Crippen LogP contribution in [0.2, 0.25) is 0 Å². The first-order chi connectivity index (χ1) is 10.2. The summed E-state index contributed by atoms with van der Waals surface area (Å²) in [5, 5.41) is 11.1. The number of benzene rings is 1. The molecule has 2 rings (SSSR count). The molecule has 1 aliphatic heterocycles. The van der Waals surface area contributed by atoms with Gasteiger partial charge >= 0.3 is 0 Å². The van der Waals surface area contributed by atoms with E-state index in [1.54, 1.807) is 0 Å². The number of nitrogens with zero attached hydrogens (tertiary/aromatic N) is 2. The minimum Gasteiger partial charge on any atom is -0.486 e. The molecule has 6 heteroatoms. The molecule has 0 aliphatic carbocycles. The van der Waals surface area contributed by atoms with Gasteiger partial charge in [-0.05, 0) is 19.2 Å². The Morgan fingerprint density at radius 2 is 2.24 bits per heavy atom. The van der Waals surface area contributed by atoms with Crippen molar-refractivity contribution < 1.29 is 14.3 Å². The van der Waals surface area contributed by atoms with Crippen molar-refractivity contribution >= 4 is 5.91 Å². The van der Waals surface area contributed by atoms with Gasteiger partial charge in [-0.3, -0.25) is 9.69 Å². The van der Waals surface area contributed by atoms with Gasteiger partial charge < -0.3 is 14.8 Å². The quantitative estimate of drug-likeness (QED) is 0.784. The van der Waals surface area contributed by atoms with E-state index in [1.807, 2.05) is 42.3 Å². The lowest BCUT2D eigenvalue weighted by Crippen LogP contribution is -2.43. The molecule has 6 nitrogen and oxygen atoms in total. The molecule has 0 fully saturated rings. The minimum absolute atomic E-state index is 0.0927. The first-order valence-corrected chi connectivity index (χ1v) is 6.89. The zero-order chi connectivity index (χ0) is 15.1. The summed E-state index contributed by atoms with van der Waals surface area (Å²) in [7, 11) is 1.85. The first-order valence-electron chi connectivity index (χ1n) is 6.89. The molecule has 0 bridgehead atoms. The van der Waals surface area contributed by atoms with E-state index in [1.165, 1.54) is 0 Å². The van der Waals surface area contributed by atoms with E-state index in [2.05, 4.69) is 5.32 Å². The van der Waals surface area contributed by atoms with Gasteiger partial charge in [-0.2, -0.15) is 5.26 Å². The number of carbonyl (C=O) groups excluding carboxylic acids is 1. The highest BCUT2D eigenvalue weighted by atomic mass is 16.6. The van der Waals surface area contributed by atoms with Gasteiger partial charge in [0.1, 0.15) is 12.7 Å². The summed E-state index contributed by atoms with van der Waals surface area (Å²) in [5.74, 6) is 1.40. The SMILES string of the molecule is CN(CC(=O)NCCC#N)C[C@H]1COc2ccccc2O1. The highest BCUT2D eigenvalue weighted by Gasteiger charge is 2.22. The van der Waals surface area contributed by atoms with Crippen LogP contribution in [0.3, 0.4) is 0 Å². The van der Waals surface area contributed by atoms with Crippen LogP contribution in [0.25, 0.3) is 0 Å². The maximum atomic E-state index is 11.6. The van der Waals surface area contributed by atoms with Crippen LogP contribution in [0.4, 0.5) is 0 Å². The van der Waals surface area contributed by atoms with E-state index in [0.29, 0.717) is 26.1 Å². The number of rotatable bonds is 6. The molecule has 112 valence electrons. The summed E-state index contributed by atoms with van der Waals surface area (Å²) in [4.78, 5) is 13.5. The number of ether oxygens (including phenoxy) is 2. The molecule has 0 radical (unpaired) electrons. The fourth-order valence-corrected chi connectivity index (χ4v) is 2.12. The number of amides is 1. The molecule has 21 heavy (non-hydrogen) atoms. The smallest absolute Gasteiger partial charge is 0.234 e. The topological polar surface area (TPSA) is 74.6 Å². The van der Waals surface area contributed by atoms with Gasteiger partial charge in [-0.1, -0.05) is 12.1 Å². The third kappa shape index (κ3) is 4.65. The van der Waals surface area contributed by atoms with E-state index in [-0.39, 0.29) is 18.6 Å². The van der Waals surface area contributed by atoms with E-state index in [0.717, 1.165) is 11.5 Å². The molecule has 1 amide bonds. The van der Waals surface area contributed by atoms with Crippen LogP contribution in [0, 0.1) is 11.3 Å². The normalized spacial score (nSPS) is 16.3. The highest BCUT2D eigenvalue weighted by Crippen LogP contribution is 2.30. The number of para-hydroxylation sites is 2. The Morgan fingerprint density at radius 3 is 3.00 bits per heavy atom.